The third kappa shape index (κ3) is 8.82. The fourth-order valence-electron chi connectivity index (χ4n) is 5.83. The molecule has 2 heterocycles. The van der Waals surface area contributed by atoms with Crippen molar-refractivity contribution in [3.05, 3.63) is 149 Å². The molecular weight excluding hydrogens is 635 g/mol. The van der Waals surface area contributed by atoms with Crippen molar-refractivity contribution in [2.75, 3.05) is 11.1 Å². The van der Waals surface area contributed by atoms with Gasteiger partial charge in [0.1, 0.15) is 0 Å². The standard InChI is InChI=1S/C40H39N3O5S/c1-26-37(25-49-36-17-15-35(16-18-36)43-27(2)45)47-40(48-38(26)30-13-11-28(24-44)12-14-30)33-9-4-8-32(21-33)31-7-3-6-29(20-31)22-42-39(46)34-10-5-19-41-23-34/h3-21,23,26,37-38,40,44H,22,24-25H2,1-2H3,(H,42,46)(H,43,45)/t26-,37+,38+,40+/m1/s1. The van der Waals surface area contributed by atoms with Crippen LogP contribution in [0.15, 0.2) is 126 Å². The van der Waals surface area contributed by atoms with Gasteiger partial charge in [-0.25, -0.2) is 0 Å². The number of aromatic nitrogens is 1. The van der Waals surface area contributed by atoms with Gasteiger partial charge in [0.25, 0.3) is 5.91 Å². The van der Waals surface area contributed by atoms with Crippen molar-refractivity contribution in [2.24, 2.45) is 5.92 Å². The lowest BCUT2D eigenvalue weighted by atomic mass is 9.91. The highest BCUT2D eigenvalue weighted by Crippen LogP contribution is 2.43. The Morgan fingerprint density at radius 3 is 2.31 bits per heavy atom. The topological polar surface area (TPSA) is 110 Å². The van der Waals surface area contributed by atoms with Gasteiger partial charge in [0.15, 0.2) is 6.29 Å². The van der Waals surface area contributed by atoms with Crippen molar-refractivity contribution in [3.63, 3.8) is 0 Å². The third-order valence-electron chi connectivity index (χ3n) is 8.51. The van der Waals surface area contributed by atoms with Gasteiger partial charge in [-0.05, 0) is 76.3 Å². The molecule has 1 aliphatic rings. The molecule has 4 atom stereocenters. The number of hydrogen-bond donors (Lipinski definition) is 3. The Morgan fingerprint density at radius 1 is 0.837 bits per heavy atom. The zero-order valence-electron chi connectivity index (χ0n) is 27.4. The molecule has 0 saturated carbocycles. The minimum atomic E-state index is -0.603. The number of carbonyl (C=O) groups excluding carboxylic acids is 2. The van der Waals surface area contributed by atoms with Crippen LogP contribution in [0.25, 0.3) is 11.1 Å². The first-order chi connectivity index (χ1) is 23.9. The maximum absolute atomic E-state index is 12.6. The molecule has 8 nitrogen and oxygen atoms in total. The van der Waals surface area contributed by atoms with E-state index in [1.54, 1.807) is 36.3 Å². The Labute approximate surface area is 290 Å². The average molecular weight is 674 g/mol. The maximum atomic E-state index is 12.6. The highest BCUT2D eigenvalue weighted by molar-refractivity contribution is 7.99. The Balaban J connectivity index is 1.21. The van der Waals surface area contributed by atoms with Crippen molar-refractivity contribution < 1.29 is 24.2 Å². The number of amides is 2. The molecule has 0 aliphatic carbocycles. The minimum absolute atomic E-state index is 0.0159. The van der Waals surface area contributed by atoms with E-state index in [1.165, 1.54) is 6.92 Å². The van der Waals surface area contributed by atoms with Crippen molar-refractivity contribution in [2.45, 2.75) is 50.4 Å². The molecule has 0 spiro atoms. The smallest absolute Gasteiger partial charge is 0.253 e. The lowest BCUT2D eigenvalue weighted by Crippen LogP contribution is -2.38. The Bertz CT molecular complexity index is 1870. The van der Waals surface area contributed by atoms with Gasteiger partial charge in [0, 0.05) is 53.7 Å². The van der Waals surface area contributed by atoms with Gasteiger partial charge in [-0.2, -0.15) is 0 Å². The second-order valence-electron chi connectivity index (χ2n) is 12.1. The van der Waals surface area contributed by atoms with E-state index in [0.29, 0.717) is 17.9 Å². The summed E-state index contributed by atoms with van der Waals surface area (Å²) < 4.78 is 13.4. The summed E-state index contributed by atoms with van der Waals surface area (Å²) in [4.78, 5) is 29.1. The van der Waals surface area contributed by atoms with Gasteiger partial charge in [-0.3, -0.25) is 14.6 Å². The van der Waals surface area contributed by atoms with Crippen LogP contribution in [0.4, 0.5) is 5.69 Å². The zero-order chi connectivity index (χ0) is 34.2. The summed E-state index contributed by atoms with van der Waals surface area (Å²) in [5, 5.41) is 15.4. The molecule has 2 amide bonds. The summed E-state index contributed by atoms with van der Waals surface area (Å²) in [7, 11) is 0. The molecule has 3 N–H and O–H groups in total. The van der Waals surface area contributed by atoms with Crippen LogP contribution in [0.1, 0.15) is 58.9 Å². The summed E-state index contributed by atoms with van der Waals surface area (Å²) in [6.45, 7) is 4.02. The van der Waals surface area contributed by atoms with Crippen molar-refractivity contribution in [3.8, 4) is 11.1 Å². The van der Waals surface area contributed by atoms with Crippen LogP contribution < -0.4 is 10.6 Å². The number of anilines is 1. The molecule has 0 radical (unpaired) electrons. The number of nitrogens with one attached hydrogen (secondary N) is 2. The SMILES string of the molecule is CC(=O)Nc1ccc(SC[C@@H]2O[C@H](c3cccc(-c4cccc(CNC(=O)c5cccnc5)c4)c3)O[C@H](c3ccc(CO)cc3)[C@@H]2C)cc1. The molecule has 9 heteroatoms. The van der Waals surface area contributed by atoms with Crippen LogP contribution in [-0.2, 0) is 27.4 Å². The molecule has 49 heavy (non-hydrogen) atoms. The molecule has 4 aromatic carbocycles. The third-order valence-corrected chi connectivity index (χ3v) is 9.61. The molecular formula is C40H39N3O5S. The molecule has 1 saturated heterocycles. The monoisotopic (exact) mass is 673 g/mol. The first-order valence-corrected chi connectivity index (χ1v) is 17.2. The van der Waals surface area contributed by atoms with E-state index in [0.717, 1.165) is 44.0 Å². The highest BCUT2D eigenvalue weighted by atomic mass is 32.2. The van der Waals surface area contributed by atoms with E-state index < -0.39 is 6.29 Å². The Morgan fingerprint density at radius 2 is 1.59 bits per heavy atom. The van der Waals surface area contributed by atoms with E-state index in [1.807, 2.05) is 72.8 Å². The molecule has 250 valence electrons. The molecule has 5 aromatic rings. The van der Waals surface area contributed by atoms with Gasteiger partial charge >= 0.3 is 0 Å². The summed E-state index contributed by atoms with van der Waals surface area (Å²) >= 11 is 1.71. The molecule has 0 unspecified atom stereocenters. The van der Waals surface area contributed by atoms with E-state index in [4.69, 9.17) is 9.47 Å². The van der Waals surface area contributed by atoms with Crippen LogP contribution in [0.5, 0.6) is 0 Å². The van der Waals surface area contributed by atoms with Gasteiger partial charge < -0.3 is 25.2 Å². The maximum Gasteiger partial charge on any atom is 0.253 e. The number of hydrogen-bond acceptors (Lipinski definition) is 7. The van der Waals surface area contributed by atoms with Crippen LogP contribution in [-0.4, -0.2) is 33.8 Å². The van der Waals surface area contributed by atoms with Crippen molar-refractivity contribution in [1.82, 2.24) is 10.3 Å². The Hall–Kier alpha value is -4.80. The van der Waals surface area contributed by atoms with Crippen LogP contribution >= 0.6 is 11.8 Å². The molecule has 0 bridgehead atoms. The quantitative estimate of drug-likeness (QED) is 0.123. The van der Waals surface area contributed by atoms with Crippen molar-refractivity contribution >= 4 is 29.3 Å². The second kappa shape index (κ2) is 16.1. The van der Waals surface area contributed by atoms with Gasteiger partial charge in [0.2, 0.25) is 5.91 Å². The van der Waals surface area contributed by atoms with E-state index in [9.17, 15) is 14.7 Å². The number of aliphatic hydroxyl groups excluding tert-OH is 1. The Kier molecular flexibility index (Phi) is 11.2. The first kappa shape index (κ1) is 34.1. The number of rotatable bonds is 11. The number of benzene rings is 4. The number of aliphatic hydroxyl groups is 1. The average Bonchev–Trinajstić information content (AvgIpc) is 3.14. The van der Waals surface area contributed by atoms with Gasteiger partial charge in [-0.1, -0.05) is 67.6 Å². The normalized spacial score (nSPS) is 18.8. The highest BCUT2D eigenvalue weighted by Gasteiger charge is 2.38. The lowest BCUT2D eigenvalue weighted by molar-refractivity contribution is -0.268. The summed E-state index contributed by atoms with van der Waals surface area (Å²) in [5.74, 6) is 0.481. The molecule has 1 aliphatic heterocycles. The number of nitrogens with zero attached hydrogens (tertiary/aromatic N) is 1. The van der Waals surface area contributed by atoms with E-state index >= 15 is 0 Å². The second-order valence-corrected chi connectivity index (χ2v) is 13.2. The molecule has 6 rings (SSSR count). The zero-order valence-corrected chi connectivity index (χ0v) is 28.2. The summed E-state index contributed by atoms with van der Waals surface area (Å²) in [6, 6.07) is 35.5. The number of carbonyl (C=O) groups is 2. The number of thioether (sulfide) groups is 1. The van der Waals surface area contributed by atoms with E-state index in [-0.39, 0.29) is 36.5 Å². The fourth-order valence-corrected chi connectivity index (χ4v) is 6.90. The van der Waals surface area contributed by atoms with Crippen LogP contribution in [0.2, 0.25) is 0 Å². The van der Waals surface area contributed by atoms with Crippen molar-refractivity contribution in [1.29, 1.82) is 0 Å². The lowest BCUT2D eigenvalue weighted by Gasteiger charge is -2.41. The van der Waals surface area contributed by atoms with Crippen LogP contribution in [0, 0.1) is 5.92 Å². The number of ether oxygens (including phenoxy) is 2. The predicted molar refractivity (Wildman–Crippen MR) is 192 cm³/mol. The first-order valence-electron chi connectivity index (χ1n) is 16.2. The molecule has 1 aromatic heterocycles. The minimum Gasteiger partial charge on any atom is -0.392 e. The number of pyridine rings is 1. The largest absolute Gasteiger partial charge is 0.392 e. The van der Waals surface area contributed by atoms with Gasteiger partial charge in [-0.15, -0.1) is 11.8 Å². The predicted octanol–water partition coefficient (Wildman–Crippen LogP) is 7.71. The summed E-state index contributed by atoms with van der Waals surface area (Å²) in [5.41, 5.74) is 7.08. The van der Waals surface area contributed by atoms with Crippen LogP contribution in [0.3, 0.4) is 0 Å². The van der Waals surface area contributed by atoms with Gasteiger partial charge in [0.05, 0.1) is 24.4 Å². The van der Waals surface area contributed by atoms with E-state index in [2.05, 4.69) is 46.8 Å². The fraction of sp³-hybridized carbons (Fsp3) is 0.225. The summed E-state index contributed by atoms with van der Waals surface area (Å²) in [6.07, 6.45) is 2.24. The molecule has 1 fully saturated rings.